The van der Waals surface area contributed by atoms with Gasteiger partial charge in [0.25, 0.3) is 5.91 Å². The summed E-state index contributed by atoms with van der Waals surface area (Å²) in [5.74, 6) is -0.720. The molecule has 1 rings (SSSR count). The first-order chi connectivity index (χ1) is 9.45. The number of benzene rings is 1. The quantitative estimate of drug-likeness (QED) is 0.780. The van der Waals surface area contributed by atoms with Crippen LogP contribution in [0.1, 0.15) is 25.0 Å². The lowest BCUT2D eigenvalue weighted by Gasteiger charge is -2.17. The van der Waals surface area contributed by atoms with Crippen LogP contribution in [0.2, 0.25) is 0 Å². The van der Waals surface area contributed by atoms with E-state index in [1.165, 1.54) is 6.08 Å². The van der Waals surface area contributed by atoms with Crippen molar-refractivity contribution in [2.45, 2.75) is 26.9 Å². The number of carbonyl (C=O) groups is 2. The molecule has 5 heteroatoms. The fourth-order valence-corrected chi connectivity index (χ4v) is 1.68. The summed E-state index contributed by atoms with van der Waals surface area (Å²) in [5.41, 5.74) is 1.47. The Morgan fingerprint density at radius 2 is 2.15 bits per heavy atom. The number of aryl methyl sites for hydroxylation is 1. The van der Waals surface area contributed by atoms with Crippen LogP contribution in [-0.4, -0.2) is 29.6 Å². The molecule has 2 N–H and O–H groups in total. The zero-order chi connectivity index (χ0) is 15.1. The fraction of sp³-hybridized carbons (Fsp3) is 0.333. The Balaban J connectivity index is 2.98. The molecular formula is C15H19NO4. The highest BCUT2D eigenvalue weighted by atomic mass is 16.5. The lowest BCUT2D eigenvalue weighted by Crippen LogP contribution is -2.36. The topological polar surface area (TPSA) is 75.6 Å². The molecule has 0 fully saturated rings. The molecule has 0 radical (unpaired) electrons. The van der Waals surface area contributed by atoms with E-state index < -0.39 is 12.1 Å². The third-order valence-electron chi connectivity index (χ3n) is 2.66. The maximum Gasteiger partial charge on any atom is 0.328 e. The number of hydrogen-bond donors (Lipinski definition) is 2. The van der Waals surface area contributed by atoms with Gasteiger partial charge < -0.3 is 15.2 Å². The highest BCUT2D eigenvalue weighted by molar-refractivity contribution is 5.86. The van der Waals surface area contributed by atoms with Gasteiger partial charge >= 0.3 is 5.97 Å². The highest BCUT2D eigenvalue weighted by Gasteiger charge is 2.16. The van der Waals surface area contributed by atoms with Gasteiger partial charge in [-0.05, 0) is 32.4 Å². The van der Waals surface area contributed by atoms with Gasteiger partial charge in [-0.3, -0.25) is 4.79 Å². The molecule has 5 nitrogen and oxygen atoms in total. The molecule has 20 heavy (non-hydrogen) atoms. The molecule has 0 aromatic heterocycles. The number of hydrogen-bond acceptors (Lipinski definition) is 3. The number of rotatable bonds is 6. The van der Waals surface area contributed by atoms with Gasteiger partial charge in [0.15, 0.2) is 6.10 Å². The lowest BCUT2D eigenvalue weighted by molar-refractivity contribution is -0.131. The molecule has 0 spiro atoms. The summed E-state index contributed by atoms with van der Waals surface area (Å²) in [6, 6.07) is 5.39. The van der Waals surface area contributed by atoms with Crippen LogP contribution in [-0.2, 0) is 9.59 Å². The number of carbonyl (C=O) groups excluding carboxylic acids is 1. The fourth-order valence-electron chi connectivity index (χ4n) is 1.68. The van der Waals surface area contributed by atoms with Crippen molar-refractivity contribution in [2.24, 2.45) is 0 Å². The van der Waals surface area contributed by atoms with Crippen molar-refractivity contribution in [3.63, 3.8) is 0 Å². The lowest BCUT2D eigenvalue weighted by atomic mass is 10.1. The second kappa shape index (κ2) is 7.33. The van der Waals surface area contributed by atoms with E-state index >= 15 is 0 Å². The van der Waals surface area contributed by atoms with Crippen LogP contribution in [0.3, 0.4) is 0 Å². The normalized spacial score (nSPS) is 12.2. The molecule has 1 unspecified atom stereocenters. The minimum atomic E-state index is -1.03. The van der Waals surface area contributed by atoms with Crippen molar-refractivity contribution >= 4 is 18.0 Å². The second-order valence-corrected chi connectivity index (χ2v) is 4.32. The molecular weight excluding hydrogens is 258 g/mol. The molecule has 0 aliphatic heterocycles. The summed E-state index contributed by atoms with van der Waals surface area (Å²) >= 11 is 0. The van der Waals surface area contributed by atoms with Crippen LogP contribution in [0, 0.1) is 6.92 Å². The third-order valence-corrected chi connectivity index (χ3v) is 2.66. The standard InChI is InChI=1S/C15H19NO4/c1-4-16-15(19)11(3)20-14-10(2)6-5-7-12(14)8-9-13(17)18/h5-9,11H,4H2,1-3H3,(H,16,19)(H,17,18)/b9-8+. The Morgan fingerprint density at radius 3 is 2.75 bits per heavy atom. The van der Waals surface area contributed by atoms with Crippen molar-refractivity contribution in [3.05, 3.63) is 35.4 Å². The molecule has 0 aliphatic carbocycles. The van der Waals surface area contributed by atoms with Crippen molar-refractivity contribution in [3.8, 4) is 5.75 Å². The van der Waals surface area contributed by atoms with Crippen molar-refractivity contribution in [1.82, 2.24) is 5.32 Å². The first-order valence-corrected chi connectivity index (χ1v) is 6.40. The molecule has 0 bridgehead atoms. The van der Waals surface area contributed by atoms with E-state index in [0.29, 0.717) is 17.9 Å². The van der Waals surface area contributed by atoms with E-state index in [2.05, 4.69) is 5.32 Å². The minimum absolute atomic E-state index is 0.205. The average molecular weight is 277 g/mol. The molecule has 1 amide bonds. The smallest absolute Gasteiger partial charge is 0.328 e. The monoisotopic (exact) mass is 277 g/mol. The van der Waals surface area contributed by atoms with Crippen molar-refractivity contribution in [1.29, 1.82) is 0 Å². The number of amides is 1. The Labute approximate surface area is 118 Å². The number of likely N-dealkylation sites (N-methyl/N-ethyl adjacent to an activating group) is 1. The zero-order valence-corrected chi connectivity index (χ0v) is 11.8. The highest BCUT2D eigenvalue weighted by Crippen LogP contribution is 2.25. The van der Waals surface area contributed by atoms with E-state index in [4.69, 9.17) is 9.84 Å². The van der Waals surface area contributed by atoms with Gasteiger partial charge in [0.1, 0.15) is 5.75 Å². The number of carboxylic acids is 1. The Hall–Kier alpha value is -2.30. The van der Waals surface area contributed by atoms with Gasteiger partial charge in [0.05, 0.1) is 0 Å². The number of carboxylic acid groups (broad SMARTS) is 1. The summed E-state index contributed by atoms with van der Waals surface area (Å²) in [5, 5.41) is 11.4. The van der Waals surface area contributed by atoms with Gasteiger partial charge in [-0.15, -0.1) is 0 Å². The first kappa shape index (κ1) is 15.8. The van der Waals surface area contributed by atoms with Crippen LogP contribution in [0.4, 0.5) is 0 Å². The van der Waals surface area contributed by atoms with Crippen molar-refractivity contribution in [2.75, 3.05) is 6.54 Å². The van der Waals surface area contributed by atoms with Gasteiger partial charge in [-0.1, -0.05) is 18.2 Å². The predicted octanol–water partition coefficient (Wildman–Crippen LogP) is 2.00. The molecule has 1 aromatic carbocycles. The molecule has 0 saturated carbocycles. The summed E-state index contributed by atoms with van der Waals surface area (Å²) in [6.45, 7) is 5.87. The molecule has 0 saturated heterocycles. The van der Waals surface area contributed by atoms with Crippen LogP contribution in [0.5, 0.6) is 5.75 Å². The van der Waals surface area contributed by atoms with Gasteiger partial charge in [-0.25, -0.2) is 4.79 Å². The number of ether oxygens (including phenoxy) is 1. The summed E-state index contributed by atoms with van der Waals surface area (Å²) < 4.78 is 5.67. The Bertz CT molecular complexity index is 523. The molecule has 108 valence electrons. The van der Waals surface area contributed by atoms with Crippen LogP contribution < -0.4 is 10.1 Å². The van der Waals surface area contributed by atoms with E-state index in [-0.39, 0.29) is 5.91 Å². The first-order valence-electron chi connectivity index (χ1n) is 6.40. The summed E-state index contributed by atoms with van der Waals surface area (Å²) in [7, 11) is 0. The number of aliphatic carboxylic acids is 1. The molecule has 1 aromatic rings. The van der Waals surface area contributed by atoms with E-state index in [9.17, 15) is 9.59 Å². The van der Waals surface area contributed by atoms with Crippen molar-refractivity contribution < 1.29 is 19.4 Å². The average Bonchev–Trinajstić information content (AvgIpc) is 2.39. The van der Waals surface area contributed by atoms with Gasteiger partial charge in [0, 0.05) is 18.2 Å². The summed E-state index contributed by atoms with van der Waals surface area (Å²) in [4.78, 5) is 22.3. The molecule has 0 aliphatic rings. The zero-order valence-electron chi connectivity index (χ0n) is 11.8. The molecule has 0 heterocycles. The van der Waals surface area contributed by atoms with Gasteiger partial charge in [-0.2, -0.15) is 0 Å². The number of nitrogens with one attached hydrogen (secondary N) is 1. The minimum Gasteiger partial charge on any atom is -0.480 e. The third kappa shape index (κ3) is 4.42. The van der Waals surface area contributed by atoms with E-state index in [1.807, 2.05) is 19.9 Å². The van der Waals surface area contributed by atoms with Crippen LogP contribution in [0.25, 0.3) is 6.08 Å². The number of para-hydroxylation sites is 1. The largest absolute Gasteiger partial charge is 0.480 e. The molecule has 1 atom stereocenters. The summed E-state index contributed by atoms with van der Waals surface area (Å²) in [6.07, 6.45) is 1.85. The maximum absolute atomic E-state index is 11.7. The van der Waals surface area contributed by atoms with Crippen LogP contribution >= 0.6 is 0 Å². The van der Waals surface area contributed by atoms with E-state index in [0.717, 1.165) is 11.6 Å². The Kier molecular flexibility index (Phi) is 5.77. The SMILES string of the molecule is CCNC(=O)C(C)Oc1c(C)cccc1/C=C/C(=O)O. The van der Waals surface area contributed by atoms with Crippen LogP contribution in [0.15, 0.2) is 24.3 Å². The second-order valence-electron chi connectivity index (χ2n) is 4.32. The Morgan fingerprint density at radius 1 is 1.45 bits per heavy atom. The van der Waals surface area contributed by atoms with E-state index in [1.54, 1.807) is 19.1 Å². The van der Waals surface area contributed by atoms with Gasteiger partial charge in [0.2, 0.25) is 0 Å². The maximum atomic E-state index is 11.7. The predicted molar refractivity (Wildman–Crippen MR) is 76.6 cm³/mol.